The summed E-state index contributed by atoms with van der Waals surface area (Å²) < 4.78 is 0. The number of thiophene rings is 1. The molecule has 0 aliphatic heterocycles. The highest BCUT2D eigenvalue weighted by atomic mass is 32.1. The van der Waals surface area contributed by atoms with Crippen molar-refractivity contribution in [1.82, 2.24) is 9.97 Å². The van der Waals surface area contributed by atoms with Gasteiger partial charge < -0.3 is 4.90 Å². The third-order valence-corrected chi connectivity index (χ3v) is 3.28. The quantitative estimate of drug-likeness (QED) is 0.816. The van der Waals surface area contributed by atoms with Gasteiger partial charge in [0.25, 0.3) is 0 Å². The van der Waals surface area contributed by atoms with Crippen molar-refractivity contribution in [2.75, 3.05) is 11.9 Å². The molecule has 0 bridgehead atoms. The Morgan fingerprint density at radius 1 is 1.19 bits per heavy atom. The van der Waals surface area contributed by atoms with Crippen molar-refractivity contribution in [2.45, 2.75) is 20.4 Å². The van der Waals surface area contributed by atoms with E-state index in [4.69, 9.17) is 0 Å². The molecular formula is C12H15N3S. The molecular weight excluding hydrogens is 218 g/mol. The fourth-order valence-electron chi connectivity index (χ4n) is 1.46. The van der Waals surface area contributed by atoms with E-state index < -0.39 is 0 Å². The van der Waals surface area contributed by atoms with Gasteiger partial charge in [0, 0.05) is 29.2 Å². The molecule has 0 radical (unpaired) electrons. The number of hydrogen-bond acceptors (Lipinski definition) is 4. The highest BCUT2D eigenvalue weighted by Gasteiger charge is 2.05. The summed E-state index contributed by atoms with van der Waals surface area (Å²) >= 11 is 1.82. The Labute approximate surface area is 99.8 Å². The topological polar surface area (TPSA) is 29.0 Å². The molecule has 0 aromatic carbocycles. The molecule has 16 heavy (non-hydrogen) atoms. The fraction of sp³-hybridized carbons (Fsp3) is 0.333. The van der Waals surface area contributed by atoms with E-state index in [1.165, 1.54) is 9.75 Å². The molecule has 2 heterocycles. The zero-order valence-corrected chi connectivity index (χ0v) is 10.6. The van der Waals surface area contributed by atoms with Gasteiger partial charge in [-0.25, -0.2) is 9.97 Å². The molecule has 84 valence electrons. The fourth-order valence-corrected chi connectivity index (χ4v) is 2.40. The van der Waals surface area contributed by atoms with Crippen molar-refractivity contribution in [1.29, 1.82) is 0 Å². The van der Waals surface area contributed by atoms with E-state index in [9.17, 15) is 0 Å². The molecule has 3 nitrogen and oxygen atoms in total. The van der Waals surface area contributed by atoms with Crippen molar-refractivity contribution in [2.24, 2.45) is 0 Å². The smallest absolute Gasteiger partial charge is 0.225 e. The minimum absolute atomic E-state index is 0.775. The van der Waals surface area contributed by atoms with Crippen LogP contribution in [-0.4, -0.2) is 17.0 Å². The van der Waals surface area contributed by atoms with Gasteiger partial charge in [0.1, 0.15) is 0 Å². The SMILES string of the molecule is Cc1cnc(N(C)Cc2ccc(C)s2)nc1. The molecule has 4 heteroatoms. The van der Waals surface area contributed by atoms with Gasteiger partial charge >= 0.3 is 0 Å². The lowest BCUT2D eigenvalue weighted by atomic mass is 10.4. The summed E-state index contributed by atoms with van der Waals surface area (Å²) in [5.41, 5.74) is 1.09. The summed E-state index contributed by atoms with van der Waals surface area (Å²) in [6.07, 6.45) is 3.69. The lowest BCUT2D eigenvalue weighted by molar-refractivity contribution is 0.875. The first-order valence-corrected chi connectivity index (χ1v) is 6.02. The standard InChI is InChI=1S/C12H15N3S/c1-9-6-13-12(14-7-9)15(3)8-11-5-4-10(2)16-11/h4-7H,8H2,1-3H3. The first-order valence-electron chi connectivity index (χ1n) is 5.20. The zero-order chi connectivity index (χ0) is 11.5. The van der Waals surface area contributed by atoms with Crippen molar-refractivity contribution < 1.29 is 0 Å². The number of rotatable bonds is 3. The van der Waals surface area contributed by atoms with E-state index in [0.717, 1.165) is 18.1 Å². The largest absolute Gasteiger partial charge is 0.339 e. The maximum atomic E-state index is 4.30. The van der Waals surface area contributed by atoms with Crippen LogP contribution in [0, 0.1) is 13.8 Å². The molecule has 2 aromatic heterocycles. The number of nitrogens with zero attached hydrogens (tertiary/aromatic N) is 3. The first-order chi connectivity index (χ1) is 7.65. The van der Waals surface area contributed by atoms with E-state index in [-0.39, 0.29) is 0 Å². The van der Waals surface area contributed by atoms with Gasteiger partial charge in [-0.1, -0.05) is 0 Å². The lowest BCUT2D eigenvalue weighted by Crippen LogP contribution is -2.18. The van der Waals surface area contributed by atoms with Gasteiger partial charge in [-0.05, 0) is 31.5 Å². The highest BCUT2D eigenvalue weighted by molar-refractivity contribution is 7.11. The minimum Gasteiger partial charge on any atom is -0.339 e. The molecule has 0 atom stereocenters. The van der Waals surface area contributed by atoms with E-state index in [2.05, 4.69) is 33.9 Å². The third-order valence-electron chi connectivity index (χ3n) is 2.30. The molecule has 0 spiro atoms. The second kappa shape index (κ2) is 4.61. The van der Waals surface area contributed by atoms with Crippen molar-refractivity contribution in [3.05, 3.63) is 39.8 Å². The maximum absolute atomic E-state index is 4.30. The molecule has 0 aliphatic carbocycles. The van der Waals surface area contributed by atoms with Crippen molar-refractivity contribution >= 4 is 17.3 Å². The summed E-state index contributed by atoms with van der Waals surface area (Å²) in [7, 11) is 2.01. The Hall–Kier alpha value is -1.42. The summed E-state index contributed by atoms with van der Waals surface area (Å²) in [5.74, 6) is 0.775. The van der Waals surface area contributed by atoms with E-state index in [1.807, 2.05) is 37.7 Å². The van der Waals surface area contributed by atoms with Crippen LogP contribution in [-0.2, 0) is 6.54 Å². The molecule has 0 saturated carbocycles. The van der Waals surface area contributed by atoms with Gasteiger partial charge in [0.15, 0.2) is 0 Å². The van der Waals surface area contributed by atoms with Crippen LogP contribution in [0.2, 0.25) is 0 Å². The Bertz CT molecular complexity index is 461. The monoisotopic (exact) mass is 233 g/mol. The van der Waals surface area contributed by atoms with Gasteiger partial charge in [0.2, 0.25) is 5.95 Å². The third kappa shape index (κ3) is 2.58. The number of aromatic nitrogens is 2. The first kappa shape index (κ1) is 11.1. The molecule has 2 rings (SSSR count). The highest BCUT2D eigenvalue weighted by Crippen LogP contribution is 2.18. The van der Waals surface area contributed by atoms with Crippen molar-refractivity contribution in [3.8, 4) is 0 Å². The van der Waals surface area contributed by atoms with E-state index in [1.54, 1.807) is 0 Å². The average molecular weight is 233 g/mol. The molecule has 0 aliphatic rings. The zero-order valence-electron chi connectivity index (χ0n) is 9.77. The van der Waals surface area contributed by atoms with Gasteiger partial charge in [-0.3, -0.25) is 0 Å². The average Bonchev–Trinajstić information content (AvgIpc) is 2.65. The molecule has 0 saturated heterocycles. The predicted octanol–water partition coefficient (Wildman–Crippen LogP) is 2.79. The second-order valence-corrected chi connectivity index (χ2v) is 5.30. The van der Waals surface area contributed by atoms with Gasteiger partial charge in [-0.15, -0.1) is 11.3 Å². The van der Waals surface area contributed by atoms with Crippen LogP contribution in [0.25, 0.3) is 0 Å². The van der Waals surface area contributed by atoms with Gasteiger partial charge in [-0.2, -0.15) is 0 Å². The predicted molar refractivity (Wildman–Crippen MR) is 67.9 cm³/mol. The van der Waals surface area contributed by atoms with Crippen LogP contribution in [0.1, 0.15) is 15.3 Å². The van der Waals surface area contributed by atoms with Crippen LogP contribution in [0.5, 0.6) is 0 Å². The number of aryl methyl sites for hydroxylation is 2. The van der Waals surface area contributed by atoms with Crippen LogP contribution in [0.3, 0.4) is 0 Å². The van der Waals surface area contributed by atoms with E-state index in [0.29, 0.717) is 0 Å². The van der Waals surface area contributed by atoms with Crippen molar-refractivity contribution in [3.63, 3.8) is 0 Å². The summed E-state index contributed by atoms with van der Waals surface area (Å²) in [5, 5.41) is 0. The van der Waals surface area contributed by atoms with Crippen LogP contribution >= 0.6 is 11.3 Å². The Morgan fingerprint density at radius 3 is 2.44 bits per heavy atom. The Morgan fingerprint density at radius 2 is 1.88 bits per heavy atom. The minimum atomic E-state index is 0.775. The lowest BCUT2D eigenvalue weighted by Gasteiger charge is -2.15. The summed E-state index contributed by atoms with van der Waals surface area (Å²) in [4.78, 5) is 13.3. The summed E-state index contributed by atoms with van der Waals surface area (Å²) in [6, 6.07) is 4.30. The molecule has 0 N–H and O–H groups in total. The molecule has 0 fully saturated rings. The molecule has 0 unspecified atom stereocenters. The van der Waals surface area contributed by atoms with Gasteiger partial charge in [0.05, 0.1) is 6.54 Å². The summed E-state index contributed by atoms with van der Waals surface area (Å²) in [6.45, 7) is 4.98. The Kier molecular flexibility index (Phi) is 3.19. The van der Waals surface area contributed by atoms with Crippen LogP contribution < -0.4 is 4.90 Å². The number of anilines is 1. The maximum Gasteiger partial charge on any atom is 0.225 e. The second-order valence-electron chi connectivity index (χ2n) is 3.93. The van der Waals surface area contributed by atoms with E-state index >= 15 is 0 Å². The van der Waals surface area contributed by atoms with Crippen LogP contribution in [0.4, 0.5) is 5.95 Å². The van der Waals surface area contributed by atoms with Crippen LogP contribution in [0.15, 0.2) is 24.5 Å². The molecule has 0 amide bonds. The Balaban J connectivity index is 2.08. The number of hydrogen-bond donors (Lipinski definition) is 0. The normalized spacial score (nSPS) is 10.4. The molecule has 2 aromatic rings.